The first-order valence-corrected chi connectivity index (χ1v) is 27.2. The first kappa shape index (κ1) is 55.1. The number of carbonyl (C=O) groups is 7. The van der Waals surface area contributed by atoms with Crippen molar-refractivity contribution in [3.63, 3.8) is 0 Å². The summed E-state index contributed by atoms with van der Waals surface area (Å²) in [6.07, 6.45) is 1.75. The second-order valence-corrected chi connectivity index (χ2v) is 22.3. The average molecular weight is 1210 g/mol. The number of ether oxygens (including phenoxy) is 2. The number of nitro groups is 1. The number of aryl methyl sites for hydroxylation is 1. The molecule has 0 aliphatic carbocycles. The highest BCUT2D eigenvalue weighted by molar-refractivity contribution is 6.32. The van der Waals surface area contributed by atoms with Gasteiger partial charge in [0.25, 0.3) is 17.5 Å². The number of imidazole rings is 1. The molecule has 3 saturated heterocycles. The van der Waals surface area contributed by atoms with Gasteiger partial charge in [-0.15, -0.1) is 0 Å². The minimum Gasteiger partial charge on any atom is -0.465 e. The predicted molar refractivity (Wildman–Crippen MR) is 299 cm³/mol. The number of halogens is 6. The lowest BCUT2D eigenvalue weighted by Crippen LogP contribution is -2.52. The molecule has 7 heterocycles. The van der Waals surface area contributed by atoms with Crippen LogP contribution in [0.1, 0.15) is 79.4 Å². The van der Waals surface area contributed by atoms with E-state index < -0.39 is 98.7 Å². The van der Waals surface area contributed by atoms with E-state index in [1.807, 2.05) is 4.57 Å². The van der Waals surface area contributed by atoms with E-state index in [2.05, 4.69) is 15.4 Å². The fourth-order valence-electron chi connectivity index (χ4n) is 13.9. The van der Waals surface area contributed by atoms with E-state index in [1.165, 1.54) is 70.3 Å². The monoisotopic (exact) mass is 1200 g/mol. The first-order valence-electron chi connectivity index (χ1n) is 25.7. The van der Waals surface area contributed by atoms with E-state index in [1.54, 1.807) is 54.6 Å². The van der Waals surface area contributed by atoms with Crippen molar-refractivity contribution < 1.29 is 56.7 Å². The van der Waals surface area contributed by atoms with E-state index in [0.717, 1.165) is 18.7 Å². The molecule has 2 N–H and O–H groups in total. The van der Waals surface area contributed by atoms with E-state index in [0.29, 0.717) is 75.2 Å². The van der Waals surface area contributed by atoms with Crippen molar-refractivity contribution in [2.24, 2.45) is 5.92 Å². The number of esters is 2. The number of nitrogens with one attached hydrogen (secondary N) is 2. The molecule has 25 heteroatoms. The van der Waals surface area contributed by atoms with Gasteiger partial charge in [0, 0.05) is 81.5 Å². The van der Waals surface area contributed by atoms with Crippen LogP contribution in [0.5, 0.6) is 0 Å². The number of nitrogens with zero attached hydrogens (tertiary/aromatic N) is 6. The maximum absolute atomic E-state index is 15.9. The van der Waals surface area contributed by atoms with Crippen molar-refractivity contribution in [3.05, 3.63) is 190 Å². The van der Waals surface area contributed by atoms with E-state index in [4.69, 9.17) is 56.1 Å². The quantitative estimate of drug-likeness (QED) is 0.0626. The minimum atomic E-state index is -1.87. The summed E-state index contributed by atoms with van der Waals surface area (Å²) in [5, 5.41) is 18.1. The largest absolute Gasteiger partial charge is 0.465 e. The number of nitro benzene ring substituents is 1. The van der Waals surface area contributed by atoms with E-state index >= 15 is 8.78 Å². The average Bonchev–Trinajstić information content (AvgIpc) is 1.58. The van der Waals surface area contributed by atoms with Crippen LogP contribution in [-0.2, 0) is 51.1 Å². The van der Waals surface area contributed by atoms with Gasteiger partial charge in [0.2, 0.25) is 18.7 Å². The number of piperidine rings is 1. The summed E-state index contributed by atoms with van der Waals surface area (Å²) < 4.78 is 43.4. The number of hydrogen-bond acceptors (Lipinski definition) is 12. The molecule has 19 nitrogen and oxygen atoms in total. The molecule has 0 bridgehead atoms. The fourth-order valence-corrected chi connectivity index (χ4v) is 14.6. The SMILES string of the molecule is COC(=O)c1ccc(N2CC[C@H]3[C@@H](C2=O)[C@H](c2cccc(Cl)c2F)[C@]2(C(=O)Nc4cc(Cl)ccc42)N3C=O)c([N+](=O)[O-])c1.COC(=O)c1ccc2c(c1)nc1n2CC[C@H]2[C@@H]1[C@H](c1cccc(Cl)c1F)[C@]1(C(=O)Nc3cc(Cl)ccc31)N2C=O. The molecular formula is C58H42Cl4F2N8O11. The molecule has 0 saturated carbocycles. The number of aromatic nitrogens is 2. The lowest BCUT2D eigenvalue weighted by atomic mass is 9.70. The van der Waals surface area contributed by atoms with Gasteiger partial charge in [0.05, 0.1) is 57.3 Å². The van der Waals surface area contributed by atoms with Crippen LogP contribution in [0.3, 0.4) is 0 Å². The zero-order valence-corrected chi connectivity index (χ0v) is 46.3. The molecule has 6 aliphatic heterocycles. The smallest absolute Gasteiger partial charge is 0.338 e. The second kappa shape index (κ2) is 20.4. The van der Waals surface area contributed by atoms with Crippen molar-refractivity contribution in [1.82, 2.24) is 19.4 Å². The number of rotatable bonds is 8. The maximum Gasteiger partial charge on any atom is 0.338 e. The minimum absolute atomic E-state index is 0.0708. The van der Waals surface area contributed by atoms with Crippen LogP contribution in [0.2, 0.25) is 20.1 Å². The maximum atomic E-state index is 15.9. The summed E-state index contributed by atoms with van der Waals surface area (Å²) in [6.45, 7) is 0.434. The van der Waals surface area contributed by atoms with Gasteiger partial charge in [-0.25, -0.2) is 23.4 Å². The molecule has 0 unspecified atom stereocenters. The number of likely N-dealkylation sites (tertiary alicyclic amines) is 2. The Hall–Kier alpha value is -8.50. The number of hydrogen-bond donors (Lipinski definition) is 2. The van der Waals surface area contributed by atoms with Gasteiger partial charge < -0.3 is 39.4 Å². The van der Waals surface area contributed by atoms with Gasteiger partial charge in [-0.3, -0.25) is 34.1 Å². The van der Waals surface area contributed by atoms with Crippen LogP contribution in [0.4, 0.5) is 31.5 Å². The third-order valence-corrected chi connectivity index (χ3v) is 18.1. The van der Waals surface area contributed by atoms with E-state index in [-0.39, 0.29) is 45.4 Å². The van der Waals surface area contributed by atoms with Crippen molar-refractivity contribution in [3.8, 4) is 0 Å². The Morgan fingerprint density at radius 3 is 1.72 bits per heavy atom. The summed E-state index contributed by atoms with van der Waals surface area (Å²) >= 11 is 24.9. The lowest BCUT2D eigenvalue weighted by Gasteiger charge is -2.37. The lowest BCUT2D eigenvalue weighted by molar-refractivity contribution is -0.384. The van der Waals surface area contributed by atoms with Crippen molar-refractivity contribution in [2.75, 3.05) is 36.3 Å². The molecule has 8 atom stereocenters. The normalized spacial score (nSPS) is 24.3. The Labute approximate surface area is 489 Å². The topological polar surface area (TPSA) is 233 Å². The van der Waals surface area contributed by atoms with Gasteiger partial charge in [0.15, 0.2) is 11.1 Å². The molecule has 3 fully saturated rings. The molecule has 7 aromatic rings. The number of fused-ring (bicyclic) bond motifs is 10. The van der Waals surface area contributed by atoms with E-state index in [9.17, 15) is 43.7 Å². The van der Waals surface area contributed by atoms with Crippen LogP contribution in [0.25, 0.3) is 11.0 Å². The van der Waals surface area contributed by atoms with Gasteiger partial charge in [0.1, 0.15) is 23.1 Å². The molecule has 422 valence electrons. The standard InChI is InChI=1S/C29H21Cl2FN4O7.C29H21Cl2FN4O4/c1-43-27(39)14-5-8-20(22(11-14)36(41)42)34-10-9-21-23(26(34)38)24(16-3-2-4-18(31)25(16)32)29(35(21)13-37)17-7-6-15(30)12-19(17)33-28(29)40;1-40-27(38)14-5-8-21-20(11-14)33-26-23-22(9-10-35(21)26)36(13-37)29(24(23)16-3-2-4-18(31)25(16)32)17-7-6-15(30)12-19(17)34-28(29)39/h2-8,11-13,21,23-24H,9-10H2,1H3,(H,33,40);2-8,11-13,22-24H,9-10H2,1H3,(H,34,39)/t21-,23+,24-,29+;22-,23+,24-,29+/m00/s1. The van der Waals surface area contributed by atoms with Gasteiger partial charge in [-0.05, 0) is 90.7 Å². The van der Waals surface area contributed by atoms with Crippen LogP contribution >= 0.6 is 46.4 Å². The molecule has 1 aromatic heterocycles. The summed E-state index contributed by atoms with van der Waals surface area (Å²) in [6, 6.07) is 25.8. The number of carbonyl (C=O) groups excluding carboxylic acids is 7. The number of benzene rings is 6. The third-order valence-electron chi connectivity index (χ3n) is 17.0. The fraction of sp³-hybridized carbons (Fsp3) is 0.241. The predicted octanol–water partition coefficient (Wildman–Crippen LogP) is 9.88. The van der Waals surface area contributed by atoms with Crippen molar-refractivity contribution in [2.45, 2.75) is 60.3 Å². The second-order valence-electron chi connectivity index (χ2n) is 20.6. The van der Waals surface area contributed by atoms with Gasteiger partial charge in [-0.2, -0.15) is 0 Å². The zero-order valence-electron chi connectivity index (χ0n) is 43.3. The van der Waals surface area contributed by atoms with Crippen LogP contribution in [-0.4, -0.2) is 99.6 Å². The summed E-state index contributed by atoms with van der Waals surface area (Å²) in [7, 11) is 2.44. The highest BCUT2D eigenvalue weighted by atomic mass is 35.5. The molecule has 0 radical (unpaired) electrons. The Bertz CT molecular complexity index is 4040. The van der Waals surface area contributed by atoms with Gasteiger partial charge >= 0.3 is 11.9 Å². The number of amides is 5. The zero-order chi connectivity index (χ0) is 58.7. The highest BCUT2D eigenvalue weighted by Gasteiger charge is 2.71. The number of anilines is 3. The third kappa shape index (κ3) is 7.94. The molecule has 13 rings (SSSR count). The number of methoxy groups -OCH3 is 2. The summed E-state index contributed by atoms with van der Waals surface area (Å²) in [5.74, 6) is -7.97. The Kier molecular flexibility index (Phi) is 13.6. The Morgan fingerprint density at radius 1 is 0.687 bits per heavy atom. The van der Waals surface area contributed by atoms with Crippen LogP contribution in [0.15, 0.2) is 109 Å². The first-order chi connectivity index (χ1) is 39.9. The molecular weight excluding hydrogens is 1160 g/mol. The molecule has 83 heavy (non-hydrogen) atoms. The van der Waals surface area contributed by atoms with Crippen LogP contribution in [0, 0.1) is 27.7 Å². The molecule has 2 spiro atoms. The summed E-state index contributed by atoms with van der Waals surface area (Å²) in [4.78, 5) is 113. The van der Waals surface area contributed by atoms with Crippen LogP contribution < -0.4 is 15.5 Å². The Morgan fingerprint density at radius 2 is 1.19 bits per heavy atom. The molecule has 6 aromatic carbocycles. The Balaban J connectivity index is 0.000000164. The highest BCUT2D eigenvalue weighted by Crippen LogP contribution is 2.65. The van der Waals surface area contributed by atoms with Gasteiger partial charge in [-0.1, -0.05) is 82.8 Å². The van der Waals surface area contributed by atoms with Crippen molar-refractivity contribution in [1.29, 1.82) is 0 Å². The molecule has 5 amide bonds. The molecule has 6 aliphatic rings. The van der Waals surface area contributed by atoms with Crippen molar-refractivity contribution >= 4 is 123 Å². The summed E-state index contributed by atoms with van der Waals surface area (Å²) in [5.41, 5.74) is -0.727.